The van der Waals surface area contributed by atoms with Gasteiger partial charge in [-0.3, -0.25) is 9.59 Å². The average molecular weight is 742 g/mol. The van der Waals surface area contributed by atoms with Crippen molar-refractivity contribution in [3.8, 4) is 0 Å². The summed E-state index contributed by atoms with van der Waals surface area (Å²) in [4.78, 5) is 40.3. The van der Waals surface area contributed by atoms with E-state index in [4.69, 9.17) is 23.7 Å². The molecule has 0 aromatic carbocycles. The normalized spacial score (nSPS) is 44.8. The summed E-state index contributed by atoms with van der Waals surface area (Å²) in [6.07, 6.45) is -4.08. The number of hydrogen-bond acceptors (Lipinski definition) is 14. The Morgan fingerprint density at radius 1 is 1.02 bits per heavy atom. The van der Waals surface area contributed by atoms with Crippen LogP contribution in [0.5, 0.6) is 0 Å². The molecule has 14 heteroatoms. The number of carbonyl (C=O) groups is 3. The molecule has 0 radical (unpaired) electrons. The highest BCUT2D eigenvalue weighted by atomic mass is 16.7. The van der Waals surface area contributed by atoms with Crippen molar-refractivity contribution in [1.29, 1.82) is 0 Å². The van der Waals surface area contributed by atoms with Gasteiger partial charge in [-0.25, -0.2) is 0 Å². The average Bonchev–Trinajstić information content (AvgIpc) is 3.07. The SMILES string of the molecule is CC[C@H]1OC(=O)C[C@@H](O)[C@H](C)[C@@H](O[C@@H]2O[C@@H](C)C(O[C@H]3CC(C)(O)C(O)[C@@H](C)O3)C(N(C)C)C2O)[C@@H](CC=O)C[C@@H](C)C(=O)/C=C/C(C)=C/[C@@H]1CO. The van der Waals surface area contributed by atoms with Crippen LogP contribution < -0.4 is 0 Å². The number of ketones is 1. The van der Waals surface area contributed by atoms with E-state index >= 15 is 0 Å². The molecule has 0 saturated carbocycles. The number of esters is 1. The zero-order valence-corrected chi connectivity index (χ0v) is 32.2. The molecule has 298 valence electrons. The van der Waals surface area contributed by atoms with Crippen molar-refractivity contribution in [3.05, 3.63) is 23.8 Å². The van der Waals surface area contributed by atoms with E-state index in [1.54, 1.807) is 65.8 Å². The summed E-state index contributed by atoms with van der Waals surface area (Å²) >= 11 is 0. The standard InChI is InChI=1S/C38H63NO13/c1-10-29-26(19-41)15-20(2)11-12-27(42)21(3)16-25(13-14-40)34(22(4)28(43)17-30(44)50-29)52-37-33(45)32(39(8)9)35(23(5)49-37)51-31-18-38(7,47)36(46)24(6)48-31/h11-12,14-15,21-26,28-29,31-37,41,43,45-47H,10,13,16-19H2,1-9H3/b12-11+,20-15+/t21-,22+,23+,24-,25+,26-,28-,29-,31+,32?,33?,34-,35?,36?,37+,38?/m1/s1. The van der Waals surface area contributed by atoms with Crippen LogP contribution in [0.25, 0.3) is 0 Å². The minimum atomic E-state index is -1.47. The molecule has 2 fully saturated rings. The van der Waals surface area contributed by atoms with Gasteiger partial charge in [0.15, 0.2) is 18.4 Å². The van der Waals surface area contributed by atoms with Gasteiger partial charge in [0, 0.05) is 30.6 Å². The highest BCUT2D eigenvalue weighted by Gasteiger charge is 2.51. The second-order valence-electron chi connectivity index (χ2n) is 15.5. The van der Waals surface area contributed by atoms with Crippen LogP contribution in [0, 0.1) is 23.7 Å². The van der Waals surface area contributed by atoms with Gasteiger partial charge in [0.1, 0.15) is 30.7 Å². The molecule has 2 saturated heterocycles. The highest BCUT2D eigenvalue weighted by molar-refractivity contribution is 5.91. The number of ether oxygens (including phenoxy) is 5. The molecule has 3 aliphatic heterocycles. The van der Waals surface area contributed by atoms with E-state index in [2.05, 4.69) is 0 Å². The zero-order chi connectivity index (χ0) is 39.1. The van der Waals surface area contributed by atoms with Crippen LogP contribution in [0.2, 0.25) is 0 Å². The molecule has 0 amide bonds. The maximum Gasteiger partial charge on any atom is 0.308 e. The highest BCUT2D eigenvalue weighted by Crippen LogP contribution is 2.37. The Hall–Kier alpha value is -2.11. The molecule has 5 unspecified atom stereocenters. The van der Waals surface area contributed by atoms with E-state index in [1.807, 2.05) is 6.92 Å². The third kappa shape index (κ3) is 11.2. The molecule has 52 heavy (non-hydrogen) atoms. The van der Waals surface area contributed by atoms with E-state index < -0.39 is 109 Å². The number of allylic oxidation sites excluding steroid dienone is 3. The van der Waals surface area contributed by atoms with Gasteiger partial charge in [-0.05, 0) is 66.6 Å². The number of aldehydes is 1. The molecule has 3 rings (SSSR count). The lowest BCUT2D eigenvalue weighted by Gasteiger charge is -2.50. The van der Waals surface area contributed by atoms with Gasteiger partial charge in [-0.1, -0.05) is 38.5 Å². The van der Waals surface area contributed by atoms with Gasteiger partial charge in [0.2, 0.25) is 0 Å². The molecule has 0 aromatic heterocycles. The van der Waals surface area contributed by atoms with Crippen LogP contribution in [0.4, 0.5) is 0 Å². The Morgan fingerprint density at radius 3 is 2.27 bits per heavy atom. The second kappa shape index (κ2) is 19.5. The molecule has 0 aromatic rings. The fraction of sp³-hybridized carbons (Fsp3) is 0.816. The predicted molar refractivity (Wildman–Crippen MR) is 190 cm³/mol. The van der Waals surface area contributed by atoms with Crippen molar-refractivity contribution >= 4 is 18.0 Å². The minimum absolute atomic E-state index is 0.0210. The minimum Gasteiger partial charge on any atom is -0.462 e. The van der Waals surface area contributed by atoms with Gasteiger partial charge in [0.05, 0.1) is 49.1 Å². The Bertz CT molecular complexity index is 1240. The molecule has 16 atom stereocenters. The van der Waals surface area contributed by atoms with E-state index in [9.17, 15) is 39.9 Å². The summed E-state index contributed by atoms with van der Waals surface area (Å²) in [7, 11) is 3.51. The molecule has 14 nitrogen and oxygen atoms in total. The topological polar surface area (TPSA) is 202 Å². The van der Waals surface area contributed by atoms with E-state index in [0.29, 0.717) is 12.0 Å². The van der Waals surface area contributed by atoms with Crippen molar-refractivity contribution in [2.75, 3.05) is 20.7 Å². The van der Waals surface area contributed by atoms with Gasteiger partial charge >= 0.3 is 5.97 Å². The molecule has 0 aliphatic carbocycles. The molecule has 3 heterocycles. The third-order valence-corrected chi connectivity index (χ3v) is 10.9. The van der Waals surface area contributed by atoms with E-state index in [1.165, 1.54) is 13.0 Å². The van der Waals surface area contributed by atoms with Crippen LogP contribution in [0.1, 0.15) is 80.6 Å². The van der Waals surface area contributed by atoms with Crippen molar-refractivity contribution in [2.45, 2.75) is 154 Å². The fourth-order valence-electron chi connectivity index (χ4n) is 7.68. The van der Waals surface area contributed by atoms with E-state index in [0.717, 1.165) is 6.29 Å². The van der Waals surface area contributed by atoms with Crippen LogP contribution >= 0.6 is 0 Å². The molecular formula is C38H63NO13. The van der Waals surface area contributed by atoms with Crippen LogP contribution in [-0.2, 0) is 38.1 Å². The van der Waals surface area contributed by atoms with Gasteiger partial charge < -0.3 is 58.9 Å². The maximum atomic E-state index is 13.3. The molecule has 0 spiro atoms. The first kappa shape index (κ1) is 44.3. The molecule has 3 aliphatic rings. The lowest BCUT2D eigenvalue weighted by atomic mass is 9.79. The number of aliphatic hydroxyl groups excluding tert-OH is 4. The first-order chi connectivity index (χ1) is 24.3. The fourth-order valence-corrected chi connectivity index (χ4v) is 7.68. The van der Waals surface area contributed by atoms with Gasteiger partial charge in [-0.2, -0.15) is 0 Å². The summed E-state index contributed by atoms with van der Waals surface area (Å²) in [5, 5.41) is 54.5. The summed E-state index contributed by atoms with van der Waals surface area (Å²) in [6, 6.07) is -0.720. The number of carbonyl (C=O) groups excluding carboxylic acids is 3. The van der Waals surface area contributed by atoms with Crippen molar-refractivity contribution in [1.82, 2.24) is 4.90 Å². The van der Waals surface area contributed by atoms with Crippen molar-refractivity contribution in [2.24, 2.45) is 23.7 Å². The van der Waals surface area contributed by atoms with Crippen LogP contribution in [0.15, 0.2) is 23.8 Å². The number of aliphatic hydroxyl groups is 5. The number of nitrogens with zero attached hydrogens (tertiary/aromatic N) is 1. The first-order valence-electron chi connectivity index (χ1n) is 18.5. The molecular weight excluding hydrogens is 678 g/mol. The van der Waals surface area contributed by atoms with E-state index in [-0.39, 0.29) is 31.7 Å². The monoisotopic (exact) mass is 741 g/mol. The smallest absolute Gasteiger partial charge is 0.308 e. The molecule has 5 N–H and O–H groups in total. The largest absolute Gasteiger partial charge is 0.462 e. The Kier molecular flexibility index (Phi) is 16.6. The first-order valence-corrected chi connectivity index (χ1v) is 18.5. The lowest BCUT2D eigenvalue weighted by Crippen LogP contribution is -2.65. The van der Waals surface area contributed by atoms with Crippen molar-refractivity contribution in [3.63, 3.8) is 0 Å². The third-order valence-electron chi connectivity index (χ3n) is 10.9. The number of rotatable bonds is 9. The van der Waals surface area contributed by atoms with Gasteiger partial charge in [0.25, 0.3) is 0 Å². The Labute approximate surface area is 308 Å². The summed E-state index contributed by atoms with van der Waals surface area (Å²) < 4.78 is 30.7. The number of cyclic esters (lactones) is 1. The summed E-state index contributed by atoms with van der Waals surface area (Å²) in [5.74, 6) is -3.38. The number of hydrogen-bond donors (Lipinski definition) is 5. The summed E-state index contributed by atoms with van der Waals surface area (Å²) in [5.41, 5.74) is -0.773. The quantitative estimate of drug-likeness (QED) is 0.169. The lowest BCUT2D eigenvalue weighted by molar-refractivity contribution is -0.341. The predicted octanol–water partition coefficient (Wildman–Crippen LogP) is 1.67. The second-order valence-corrected chi connectivity index (χ2v) is 15.5. The van der Waals surface area contributed by atoms with Crippen molar-refractivity contribution < 1.29 is 63.6 Å². The molecule has 0 bridgehead atoms. The van der Waals surface area contributed by atoms with Crippen LogP contribution in [0.3, 0.4) is 0 Å². The van der Waals surface area contributed by atoms with Gasteiger partial charge in [-0.15, -0.1) is 0 Å². The van der Waals surface area contributed by atoms with Crippen LogP contribution in [-0.4, -0.2) is 142 Å². The Morgan fingerprint density at radius 2 is 1.69 bits per heavy atom. The summed E-state index contributed by atoms with van der Waals surface area (Å²) in [6.45, 7) is 11.6. The number of likely N-dealkylation sites (N-methyl/N-ethyl adjacent to an activating group) is 1. The Balaban J connectivity index is 1.96. The maximum absolute atomic E-state index is 13.3. The zero-order valence-electron chi connectivity index (χ0n) is 32.2.